The molecule has 3 aliphatic rings. The third-order valence-electron chi connectivity index (χ3n) is 6.79. The highest BCUT2D eigenvalue weighted by Gasteiger charge is 2.60. The highest BCUT2D eigenvalue weighted by Crippen LogP contribution is 2.57. The molecule has 3 fully saturated rings. The van der Waals surface area contributed by atoms with E-state index in [4.69, 9.17) is 21.1 Å². The Kier molecular flexibility index (Phi) is 5.14. The lowest BCUT2D eigenvalue weighted by molar-refractivity contribution is -0.161. The number of nitrogens with zero attached hydrogens (tertiary/aromatic N) is 1. The summed E-state index contributed by atoms with van der Waals surface area (Å²) in [6.45, 7) is 0.559. The molecule has 152 valence electrons. The Hall–Kier alpha value is -1.47. The molecule has 0 bridgehead atoms. The van der Waals surface area contributed by atoms with E-state index in [1.54, 1.807) is 7.11 Å². The van der Waals surface area contributed by atoms with Gasteiger partial charge in [-0.25, -0.2) is 0 Å². The van der Waals surface area contributed by atoms with Crippen molar-refractivity contribution in [2.75, 3.05) is 18.6 Å². The number of hydrogen-bond donors (Lipinski definition) is 0. The molecule has 0 aromatic heterocycles. The number of ether oxygens (including phenoxy) is 2. The lowest BCUT2D eigenvalue weighted by atomic mass is 9.69. The van der Waals surface area contributed by atoms with Gasteiger partial charge in [-0.05, 0) is 60.7 Å². The summed E-state index contributed by atoms with van der Waals surface area (Å²) < 4.78 is 11.5. The summed E-state index contributed by atoms with van der Waals surface area (Å²) in [5.74, 6) is 1.36. The minimum Gasteiger partial charge on any atom is -0.497 e. The summed E-state index contributed by atoms with van der Waals surface area (Å²) in [4.78, 5) is 15.5. The molecule has 0 amide bonds. The Labute approximate surface area is 189 Å². The molecule has 1 saturated carbocycles. The van der Waals surface area contributed by atoms with E-state index in [0.29, 0.717) is 28.4 Å². The Balaban J connectivity index is 1.66. The van der Waals surface area contributed by atoms with Crippen molar-refractivity contribution in [1.29, 1.82) is 0 Å². The number of carbonyl (C=O) groups is 1. The first-order valence-corrected chi connectivity index (χ1v) is 11.7. The topological polar surface area (TPSA) is 38.8 Å². The average molecular weight is 524 g/mol. The van der Waals surface area contributed by atoms with Crippen molar-refractivity contribution in [3.8, 4) is 5.75 Å². The second-order valence-electron chi connectivity index (χ2n) is 8.18. The highest BCUT2D eigenvalue weighted by molar-refractivity contribution is 14.1. The van der Waals surface area contributed by atoms with Crippen LogP contribution in [-0.2, 0) is 9.53 Å². The summed E-state index contributed by atoms with van der Waals surface area (Å²) in [6.07, 6.45) is 2.28. The van der Waals surface area contributed by atoms with Crippen molar-refractivity contribution >= 4 is 45.8 Å². The zero-order valence-electron chi connectivity index (χ0n) is 16.1. The van der Waals surface area contributed by atoms with Crippen LogP contribution in [0.1, 0.15) is 24.4 Å². The fourth-order valence-electron chi connectivity index (χ4n) is 5.57. The van der Waals surface area contributed by atoms with Crippen molar-refractivity contribution < 1.29 is 14.3 Å². The molecular weight excluding hydrogens is 501 g/mol. The molecule has 2 saturated heterocycles. The third kappa shape index (κ3) is 3.21. The maximum absolute atomic E-state index is 13.1. The number of carbonyl (C=O) groups excluding carboxylic acids is 1. The standard InChI is InChI=1S/C23H23ClINO3/c1-28-17-9-2-13(3-10-17)21-20-19-14(12-29-23(20)27)4-11-18(25)22(19)26(21)16-7-5-15(24)6-8-16/h2-3,5-10,14,18-22H,4,11-12H2,1H3/t14-,18+,19-,20+,21+,22-/m0/s1. The van der Waals surface area contributed by atoms with E-state index in [0.717, 1.165) is 34.9 Å². The molecule has 29 heavy (non-hydrogen) atoms. The first kappa shape index (κ1) is 19.5. The molecular formula is C23H23ClINO3. The molecule has 2 heterocycles. The number of anilines is 1. The van der Waals surface area contributed by atoms with Crippen molar-refractivity contribution in [3.05, 3.63) is 59.1 Å². The number of cyclic esters (lactones) is 1. The first-order valence-electron chi connectivity index (χ1n) is 10.1. The Bertz CT molecular complexity index is 903. The lowest BCUT2D eigenvalue weighted by Gasteiger charge is -2.43. The zero-order valence-corrected chi connectivity index (χ0v) is 19.0. The Morgan fingerprint density at radius 2 is 1.83 bits per heavy atom. The molecule has 2 aliphatic heterocycles. The Morgan fingerprint density at radius 1 is 1.10 bits per heavy atom. The molecule has 0 N–H and O–H groups in total. The maximum atomic E-state index is 13.1. The van der Waals surface area contributed by atoms with Gasteiger partial charge in [0, 0.05) is 26.6 Å². The van der Waals surface area contributed by atoms with Gasteiger partial charge in [0.05, 0.1) is 25.7 Å². The monoisotopic (exact) mass is 523 g/mol. The van der Waals surface area contributed by atoms with Crippen molar-refractivity contribution in [1.82, 2.24) is 0 Å². The van der Waals surface area contributed by atoms with E-state index in [1.807, 2.05) is 24.3 Å². The van der Waals surface area contributed by atoms with E-state index < -0.39 is 0 Å². The second kappa shape index (κ2) is 7.65. The van der Waals surface area contributed by atoms with Crippen LogP contribution in [-0.4, -0.2) is 29.7 Å². The molecule has 5 rings (SSSR count). The third-order valence-corrected chi connectivity index (χ3v) is 8.40. The predicted molar refractivity (Wildman–Crippen MR) is 122 cm³/mol. The number of hydrogen-bond acceptors (Lipinski definition) is 4. The van der Waals surface area contributed by atoms with E-state index in [9.17, 15) is 4.79 Å². The van der Waals surface area contributed by atoms with Gasteiger partial charge in [0.25, 0.3) is 0 Å². The van der Waals surface area contributed by atoms with Gasteiger partial charge in [-0.2, -0.15) is 0 Å². The maximum Gasteiger partial charge on any atom is 0.311 e. The lowest BCUT2D eigenvalue weighted by Crippen LogP contribution is -2.49. The van der Waals surface area contributed by atoms with Gasteiger partial charge in [0.15, 0.2) is 0 Å². The Morgan fingerprint density at radius 3 is 2.52 bits per heavy atom. The summed E-state index contributed by atoms with van der Waals surface area (Å²) >= 11 is 8.77. The second-order valence-corrected chi connectivity index (χ2v) is 10.2. The molecule has 0 spiro atoms. The van der Waals surface area contributed by atoms with E-state index >= 15 is 0 Å². The summed E-state index contributed by atoms with van der Waals surface area (Å²) in [6, 6.07) is 16.4. The number of rotatable bonds is 3. The molecule has 1 aliphatic carbocycles. The summed E-state index contributed by atoms with van der Waals surface area (Å²) in [7, 11) is 1.67. The van der Waals surface area contributed by atoms with Gasteiger partial charge >= 0.3 is 5.97 Å². The zero-order chi connectivity index (χ0) is 20.1. The predicted octanol–water partition coefficient (Wildman–Crippen LogP) is 5.28. The van der Waals surface area contributed by atoms with Gasteiger partial charge in [-0.15, -0.1) is 0 Å². The number of methoxy groups -OCH3 is 1. The smallest absolute Gasteiger partial charge is 0.311 e. The van der Waals surface area contributed by atoms with Crippen LogP contribution >= 0.6 is 34.2 Å². The molecule has 6 heteroatoms. The van der Waals surface area contributed by atoms with E-state index in [2.05, 4.69) is 51.8 Å². The molecule has 0 radical (unpaired) electrons. The minimum atomic E-state index is -0.152. The van der Waals surface area contributed by atoms with E-state index in [1.165, 1.54) is 0 Å². The summed E-state index contributed by atoms with van der Waals surface area (Å²) in [5.41, 5.74) is 2.24. The van der Waals surface area contributed by atoms with Crippen molar-refractivity contribution in [3.63, 3.8) is 0 Å². The van der Waals surface area contributed by atoms with Crippen LogP contribution in [0.2, 0.25) is 5.02 Å². The average Bonchev–Trinajstić information content (AvgIpc) is 3.11. The molecule has 4 nitrogen and oxygen atoms in total. The number of esters is 1. The normalized spacial score (nSPS) is 33.2. The van der Waals surface area contributed by atoms with Crippen LogP contribution in [0.3, 0.4) is 0 Å². The van der Waals surface area contributed by atoms with Gasteiger partial charge in [-0.3, -0.25) is 4.79 Å². The van der Waals surface area contributed by atoms with Crippen LogP contribution in [0.4, 0.5) is 5.69 Å². The van der Waals surface area contributed by atoms with Crippen LogP contribution in [0.5, 0.6) is 5.75 Å². The molecule has 2 aromatic carbocycles. The highest BCUT2D eigenvalue weighted by atomic mass is 127. The number of alkyl halides is 1. The van der Waals surface area contributed by atoms with Gasteiger partial charge in [0.1, 0.15) is 5.75 Å². The molecule has 6 atom stereocenters. The fraction of sp³-hybridized carbons (Fsp3) is 0.435. The van der Waals surface area contributed by atoms with Gasteiger partial charge in [-0.1, -0.05) is 46.3 Å². The quantitative estimate of drug-likeness (QED) is 0.312. The first-order chi connectivity index (χ1) is 14.1. The molecule has 0 unspecified atom stereocenters. The minimum absolute atomic E-state index is 0.0530. The summed E-state index contributed by atoms with van der Waals surface area (Å²) in [5, 5.41) is 0.721. The van der Waals surface area contributed by atoms with Crippen LogP contribution in [0.25, 0.3) is 0 Å². The fourth-order valence-corrected chi connectivity index (χ4v) is 6.88. The van der Waals surface area contributed by atoms with Crippen LogP contribution in [0, 0.1) is 17.8 Å². The number of benzene rings is 2. The SMILES string of the molecule is COc1ccc([C@@H]2[C@@H]3C(=O)OC[C@@H]4CC[C@@H](I)[C@@H]([C@@H]43)N2c2ccc(Cl)cc2)cc1. The van der Waals surface area contributed by atoms with Gasteiger partial charge < -0.3 is 14.4 Å². The molecule has 2 aromatic rings. The largest absolute Gasteiger partial charge is 0.497 e. The van der Waals surface area contributed by atoms with Crippen molar-refractivity contribution in [2.45, 2.75) is 28.8 Å². The van der Waals surface area contributed by atoms with Crippen LogP contribution in [0.15, 0.2) is 48.5 Å². The van der Waals surface area contributed by atoms with Crippen LogP contribution < -0.4 is 9.64 Å². The van der Waals surface area contributed by atoms with Gasteiger partial charge in [0.2, 0.25) is 0 Å². The van der Waals surface area contributed by atoms with E-state index in [-0.39, 0.29) is 17.9 Å². The number of halogens is 2. The van der Waals surface area contributed by atoms with Crippen molar-refractivity contribution in [2.24, 2.45) is 17.8 Å².